The highest BCUT2D eigenvalue weighted by Crippen LogP contribution is 2.39. The first-order valence-corrected chi connectivity index (χ1v) is 8.76. The number of aromatic hydroxyl groups is 1. The molecule has 0 saturated carbocycles. The molecule has 0 atom stereocenters. The Morgan fingerprint density at radius 3 is 2.48 bits per heavy atom. The van der Waals surface area contributed by atoms with Crippen molar-refractivity contribution in [3.05, 3.63) is 35.4 Å². The molecule has 4 rings (SSSR count). The average Bonchev–Trinajstić information content (AvgIpc) is 3.04. The lowest BCUT2D eigenvalue weighted by Gasteiger charge is -2.24. The molecular weight excluding hydrogens is 359 g/mol. The highest BCUT2D eigenvalue weighted by molar-refractivity contribution is 5.78. The number of halogens is 3. The van der Waals surface area contributed by atoms with Crippen molar-refractivity contribution >= 4 is 17.2 Å². The van der Waals surface area contributed by atoms with Crippen LogP contribution in [0.4, 0.5) is 19.2 Å². The third-order valence-corrected chi connectivity index (χ3v) is 4.77. The summed E-state index contributed by atoms with van der Waals surface area (Å²) in [6.07, 6.45) is -1.18. The van der Waals surface area contributed by atoms with E-state index in [-0.39, 0.29) is 11.1 Å². The maximum absolute atomic E-state index is 12.9. The SMILES string of the molecule is Cc1cc(C(F)(F)F)cc(O)c1-c1ccc2oc(N3CCCCC3)nc2n1. The Labute approximate surface area is 153 Å². The van der Waals surface area contributed by atoms with Crippen molar-refractivity contribution in [1.82, 2.24) is 9.97 Å². The van der Waals surface area contributed by atoms with Crippen LogP contribution in [0.15, 0.2) is 28.7 Å². The topological polar surface area (TPSA) is 62.4 Å². The molecule has 0 spiro atoms. The highest BCUT2D eigenvalue weighted by atomic mass is 19.4. The molecule has 142 valence electrons. The third kappa shape index (κ3) is 3.31. The van der Waals surface area contributed by atoms with Gasteiger partial charge < -0.3 is 14.4 Å². The minimum atomic E-state index is -4.52. The molecule has 3 heterocycles. The largest absolute Gasteiger partial charge is 0.507 e. The number of phenolic OH excluding ortho intramolecular Hbond substituents is 1. The van der Waals surface area contributed by atoms with Gasteiger partial charge in [-0.05, 0) is 56.0 Å². The predicted molar refractivity (Wildman–Crippen MR) is 94.7 cm³/mol. The Kier molecular flexibility index (Phi) is 4.20. The van der Waals surface area contributed by atoms with Gasteiger partial charge in [-0.1, -0.05) is 0 Å². The van der Waals surface area contributed by atoms with Crippen LogP contribution in [0.3, 0.4) is 0 Å². The van der Waals surface area contributed by atoms with Crippen LogP contribution < -0.4 is 4.90 Å². The van der Waals surface area contributed by atoms with E-state index >= 15 is 0 Å². The van der Waals surface area contributed by atoms with Crippen LogP contribution in [0.25, 0.3) is 22.5 Å². The van der Waals surface area contributed by atoms with Gasteiger partial charge in [0, 0.05) is 18.7 Å². The monoisotopic (exact) mass is 377 g/mol. The number of hydrogen-bond acceptors (Lipinski definition) is 5. The first-order chi connectivity index (χ1) is 12.8. The molecule has 1 aliphatic rings. The Morgan fingerprint density at radius 2 is 1.81 bits per heavy atom. The first-order valence-electron chi connectivity index (χ1n) is 8.76. The number of aromatic nitrogens is 2. The number of pyridine rings is 1. The summed E-state index contributed by atoms with van der Waals surface area (Å²) in [6.45, 7) is 3.26. The van der Waals surface area contributed by atoms with E-state index in [0.29, 0.717) is 22.9 Å². The van der Waals surface area contributed by atoms with E-state index in [1.165, 1.54) is 13.3 Å². The van der Waals surface area contributed by atoms with Gasteiger partial charge in [-0.2, -0.15) is 18.2 Å². The summed E-state index contributed by atoms with van der Waals surface area (Å²) in [6, 6.07) is 5.51. The molecule has 1 aliphatic heterocycles. The van der Waals surface area contributed by atoms with E-state index in [0.717, 1.165) is 38.1 Å². The van der Waals surface area contributed by atoms with Gasteiger partial charge in [0.05, 0.1) is 11.3 Å². The molecule has 8 heteroatoms. The van der Waals surface area contributed by atoms with Crippen LogP contribution in [-0.2, 0) is 6.18 Å². The lowest BCUT2D eigenvalue weighted by Crippen LogP contribution is -2.29. The van der Waals surface area contributed by atoms with Gasteiger partial charge in [-0.3, -0.25) is 0 Å². The van der Waals surface area contributed by atoms with E-state index in [2.05, 4.69) is 14.9 Å². The van der Waals surface area contributed by atoms with Gasteiger partial charge >= 0.3 is 6.18 Å². The van der Waals surface area contributed by atoms with E-state index in [4.69, 9.17) is 4.42 Å². The van der Waals surface area contributed by atoms with E-state index < -0.39 is 17.5 Å². The number of nitrogens with zero attached hydrogens (tertiary/aromatic N) is 3. The number of anilines is 1. The van der Waals surface area contributed by atoms with E-state index in [1.54, 1.807) is 12.1 Å². The lowest BCUT2D eigenvalue weighted by atomic mass is 10.0. The number of rotatable bonds is 2. The molecule has 0 bridgehead atoms. The van der Waals surface area contributed by atoms with Crippen LogP contribution in [0.5, 0.6) is 5.75 Å². The molecule has 3 aromatic rings. The predicted octanol–water partition coefficient (Wildman–Crippen LogP) is 4.91. The van der Waals surface area contributed by atoms with Gasteiger partial charge in [-0.25, -0.2) is 4.98 Å². The van der Waals surface area contributed by atoms with Crippen LogP contribution in [0, 0.1) is 6.92 Å². The number of alkyl halides is 3. The fourth-order valence-corrected chi connectivity index (χ4v) is 3.43. The summed E-state index contributed by atoms with van der Waals surface area (Å²) in [5, 5.41) is 10.2. The molecule has 0 aliphatic carbocycles. The Morgan fingerprint density at radius 1 is 1.07 bits per heavy atom. The lowest BCUT2D eigenvalue weighted by molar-refractivity contribution is -0.137. The molecular formula is C19H18F3N3O2. The molecule has 0 amide bonds. The van der Waals surface area contributed by atoms with Gasteiger partial charge in [0.15, 0.2) is 5.58 Å². The summed E-state index contributed by atoms with van der Waals surface area (Å²) in [5.41, 5.74) is 0.873. The molecule has 27 heavy (non-hydrogen) atoms. The van der Waals surface area contributed by atoms with E-state index in [9.17, 15) is 18.3 Å². The molecule has 0 unspecified atom stereocenters. The number of fused-ring (bicyclic) bond motifs is 1. The Balaban J connectivity index is 1.74. The number of oxazole rings is 1. The van der Waals surface area contributed by atoms with Crippen molar-refractivity contribution in [1.29, 1.82) is 0 Å². The van der Waals surface area contributed by atoms with Crippen molar-refractivity contribution in [2.24, 2.45) is 0 Å². The second-order valence-corrected chi connectivity index (χ2v) is 6.75. The zero-order valence-electron chi connectivity index (χ0n) is 14.7. The second-order valence-electron chi connectivity index (χ2n) is 6.75. The van der Waals surface area contributed by atoms with Crippen molar-refractivity contribution in [2.75, 3.05) is 18.0 Å². The normalized spacial score (nSPS) is 15.5. The summed E-state index contributed by atoms with van der Waals surface area (Å²) < 4.78 is 44.5. The summed E-state index contributed by atoms with van der Waals surface area (Å²) in [5.74, 6) is -0.464. The van der Waals surface area contributed by atoms with Crippen molar-refractivity contribution in [3.8, 4) is 17.0 Å². The number of piperidine rings is 1. The third-order valence-electron chi connectivity index (χ3n) is 4.77. The van der Waals surface area contributed by atoms with Crippen LogP contribution in [-0.4, -0.2) is 28.2 Å². The van der Waals surface area contributed by atoms with Gasteiger partial charge in [0.2, 0.25) is 5.65 Å². The molecule has 1 aromatic carbocycles. The van der Waals surface area contributed by atoms with Crippen LogP contribution in [0.1, 0.15) is 30.4 Å². The average molecular weight is 377 g/mol. The van der Waals surface area contributed by atoms with Crippen molar-refractivity contribution < 1.29 is 22.7 Å². The summed E-state index contributed by atoms with van der Waals surface area (Å²) in [4.78, 5) is 10.9. The van der Waals surface area contributed by atoms with Gasteiger partial charge in [0.1, 0.15) is 5.75 Å². The molecule has 2 aromatic heterocycles. The second kappa shape index (κ2) is 6.44. The quantitative estimate of drug-likeness (QED) is 0.687. The van der Waals surface area contributed by atoms with Crippen molar-refractivity contribution in [3.63, 3.8) is 0 Å². The molecule has 5 nitrogen and oxygen atoms in total. The first kappa shape index (κ1) is 17.6. The van der Waals surface area contributed by atoms with Crippen LogP contribution >= 0.6 is 0 Å². The highest BCUT2D eigenvalue weighted by Gasteiger charge is 2.32. The minimum Gasteiger partial charge on any atom is -0.507 e. The zero-order valence-corrected chi connectivity index (χ0v) is 14.7. The molecule has 1 saturated heterocycles. The van der Waals surface area contributed by atoms with Gasteiger partial charge in [-0.15, -0.1) is 0 Å². The molecule has 1 N–H and O–H groups in total. The van der Waals surface area contributed by atoms with Crippen molar-refractivity contribution in [2.45, 2.75) is 32.4 Å². The maximum Gasteiger partial charge on any atom is 0.416 e. The number of hydrogen-bond donors (Lipinski definition) is 1. The standard InChI is InChI=1S/C19H18F3N3O2/c1-11-9-12(19(20,21)22)10-14(26)16(11)13-5-6-15-17(23-13)24-18(27-15)25-7-3-2-4-8-25/h5-6,9-10,26H,2-4,7-8H2,1H3. The van der Waals surface area contributed by atoms with Crippen LogP contribution in [0.2, 0.25) is 0 Å². The summed E-state index contributed by atoms with van der Waals surface area (Å²) >= 11 is 0. The number of aryl methyl sites for hydroxylation is 1. The number of phenols is 1. The zero-order chi connectivity index (χ0) is 19.2. The van der Waals surface area contributed by atoms with Gasteiger partial charge in [0.25, 0.3) is 6.01 Å². The fraction of sp³-hybridized carbons (Fsp3) is 0.368. The minimum absolute atomic E-state index is 0.257. The Hall–Kier alpha value is -2.77. The smallest absolute Gasteiger partial charge is 0.416 e. The van der Waals surface area contributed by atoms with E-state index in [1.807, 2.05) is 0 Å². The molecule has 0 radical (unpaired) electrons. The summed E-state index contributed by atoms with van der Waals surface area (Å²) in [7, 11) is 0. The molecule has 1 fully saturated rings. The Bertz CT molecular complexity index is 969. The maximum atomic E-state index is 12.9. The fourth-order valence-electron chi connectivity index (χ4n) is 3.43. The number of benzene rings is 1.